The van der Waals surface area contributed by atoms with Gasteiger partial charge in [0.1, 0.15) is 0 Å². The molecule has 7 nitrogen and oxygen atoms in total. The zero-order valence-electron chi connectivity index (χ0n) is 19.0. The number of alkyl halides is 3. The van der Waals surface area contributed by atoms with E-state index in [1.165, 1.54) is 12.1 Å². The molecule has 2 rings (SSSR count). The van der Waals surface area contributed by atoms with E-state index in [0.717, 1.165) is 50.5 Å². The van der Waals surface area contributed by atoms with Crippen LogP contribution in [0, 0.1) is 0 Å². The van der Waals surface area contributed by atoms with Crippen molar-refractivity contribution in [2.75, 3.05) is 40.3 Å². The zero-order chi connectivity index (χ0) is 24.6. The number of nitrogens with zero attached hydrogens (tertiary/aromatic N) is 1. The fourth-order valence-electron chi connectivity index (χ4n) is 3.86. The third-order valence-electron chi connectivity index (χ3n) is 5.34. The monoisotopic (exact) mass is 462 g/mol. The third kappa shape index (κ3) is 9.13. The van der Waals surface area contributed by atoms with Gasteiger partial charge >= 0.3 is 18.1 Å². The van der Waals surface area contributed by atoms with Crippen LogP contribution in [-0.4, -0.2) is 73.0 Å². The van der Waals surface area contributed by atoms with Crippen molar-refractivity contribution < 1.29 is 37.7 Å². The van der Waals surface area contributed by atoms with Crippen molar-refractivity contribution in [2.45, 2.75) is 50.3 Å². The number of halogens is 3. The first-order valence-electron chi connectivity index (χ1n) is 10.3. The number of hydrogen-bond acceptors (Lipinski definition) is 5. The van der Waals surface area contributed by atoms with Gasteiger partial charge in [-0.05, 0) is 65.4 Å². The quantitative estimate of drug-likeness (QED) is 0.423. The molecule has 1 fully saturated rings. The highest BCUT2D eigenvalue weighted by molar-refractivity contribution is 6.27. The van der Waals surface area contributed by atoms with E-state index in [2.05, 4.69) is 10.2 Å². The normalized spacial score (nSPS) is 20.4. The van der Waals surface area contributed by atoms with Gasteiger partial charge in [0.05, 0.1) is 11.2 Å². The highest BCUT2D eigenvalue weighted by atomic mass is 19.4. The second kappa shape index (κ2) is 11.6. The van der Waals surface area contributed by atoms with Crippen LogP contribution in [0.25, 0.3) is 0 Å². The molecule has 1 aliphatic rings. The zero-order valence-corrected chi connectivity index (χ0v) is 19.0. The van der Waals surface area contributed by atoms with Gasteiger partial charge in [0.2, 0.25) is 0 Å². The summed E-state index contributed by atoms with van der Waals surface area (Å²) >= 11 is 0. The van der Waals surface area contributed by atoms with E-state index in [-0.39, 0.29) is 11.0 Å². The van der Waals surface area contributed by atoms with Crippen LogP contribution in [0.5, 0.6) is 0 Å². The number of hydrogen-bond donors (Lipinski definition) is 3. The smallest absolute Gasteiger partial charge is 0.416 e. The third-order valence-corrected chi connectivity index (χ3v) is 5.34. The van der Waals surface area contributed by atoms with Gasteiger partial charge in [0.25, 0.3) is 0 Å². The average molecular weight is 463 g/mol. The average Bonchev–Trinajstić information content (AvgIpc) is 2.66. The minimum atomic E-state index is -4.32. The molecule has 1 unspecified atom stereocenters. The van der Waals surface area contributed by atoms with Crippen LogP contribution >= 0.6 is 0 Å². The molecule has 0 spiro atoms. The molecular formula is C22H33F3N2O5. The number of rotatable bonds is 7. The number of carbonyl (C=O) groups is 2. The summed E-state index contributed by atoms with van der Waals surface area (Å²) < 4.78 is 45.4. The molecule has 10 heteroatoms. The predicted molar refractivity (Wildman–Crippen MR) is 114 cm³/mol. The molecule has 1 heterocycles. The van der Waals surface area contributed by atoms with Gasteiger partial charge < -0.3 is 25.2 Å². The van der Waals surface area contributed by atoms with Gasteiger partial charge in [0, 0.05) is 25.1 Å². The predicted octanol–water partition coefficient (Wildman–Crippen LogP) is 3.23. The van der Waals surface area contributed by atoms with Gasteiger partial charge in [-0.15, -0.1) is 0 Å². The maximum atomic E-state index is 13.2. The molecule has 182 valence electrons. The summed E-state index contributed by atoms with van der Waals surface area (Å²) in [5.74, 6) is -3.65. The number of carboxylic acids is 2. The minimum absolute atomic E-state index is 0.297. The van der Waals surface area contributed by atoms with Crippen molar-refractivity contribution in [3.05, 3.63) is 35.4 Å². The van der Waals surface area contributed by atoms with Crippen molar-refractivity contribution in [1.29, 1.82) is 0 Å². The number of benzene rings is 1. The van der Waals surface area contributed by atoms with Gasteiger partial charge in [-0.3, -0.25) is 0 Å². The molecule has 0 saturated carbocycles. The van der Waals surface area contributed by atoms with E-state index in [4.69, 9.17) is 24.5 Å². The van der Waals surface area contributed by atoms with E-state index in [1.807, 2.05) is 34.0 Å². The van der Waals surface area contributed by atoms with E-state index >= 15 is 0 Å². The van der Waals surface area contributed by atoms with E-state index in [9.17, 15) is 13.2 Å². The molecule has 0 bridgehead atoms. The molecule has 3 N–H and O–H groups in total. The molecule has 1 atom stereocenters. The van der Waals surface area contributed by atoms with Crippen LogP contribution < -0.4 is 5.32 Å². The molecule has 0 amide bonds. The second-order valence-electron chi connectivity index (χ2n) is 8.81. The number of likely N-dealkylation sites (N-methyl/N-ethyl adjacent to an activating group) is 1. The van der Waals surface area contributed by atoms with Gasteiger partial charge in [-0.1, -0.05) is 18.2 Å². The second-order valence-corrected chi connectivity index (χ2v) is 8.81. The van der Waals surface area contributed by atoms with E-state index in [1.54, 1.807) is 0 Å². The maximum Gasteiger partial charge on any atom is 0.416 e. The summed E-state index contributed by atoms with van der Waals surface area (Å²) in [6, 6.07) is 5.86. The lowest BCUT2D eigenvalue weighted by molar-refractivity contribution is -0.159. The van der Waals surface area contributed by atoms with Crippen LogP contribution in [0.2, 0.25) is 0 Å². The largest absolute Gasteiger partial charge is 0.473 e. The standard InChI is InChI=1S/C20H31F3N2O.C2H2O4/c1-18(2)15-19(9-13-26-18,8-10-24-11-12-25(3)4)16-6-5-7-17(14-16)20(21,22)23;3-1(4)2(5)6/h5-7,14,24H,8-13,15H2,1-4H3;(H,3,4)(H,5,6). The topological polar surface area (TPSA) is 99.1 Å². The van der Waals surface area contributed by atoms with Gasteiger partial charge in [0.15, 0.2) is 0 Å². The Labute approximate surface area is 186 Å². The molecule has 32 heavy (non-hydrogen) atoms. The lowest BCUT2D eigenvalue weighted by Crippen LogP contribution is -2.45. The van der Waals surface area contributed by atoms with Crippen LogP contribution in [0.1, 0.15) is 44.2 Å². The van der Waals surface area contributed by atoms with Crippen molar-refractivity contribution in [3.8, 4) is 0 Å². The molecule has 1 aromatic carbocycles. The fraction of sp³-hybridized carbons (Fsp3) is 0.636. The molecule has 0 aliphatic carbocycles. The van der Waals surface area contributed by atoms with E-state index in [0.29, 0.717) is 6.61 Å². The molecule has 1 aromatic rings. The van der Waals surface area contributed by atoms with Crippen LogP contribution in [-0.2, 0) is 25.9 Å². The molecular weight excluding hydrogens is 429 g/mol. The van der Waals surface area contributed by atoms with E-state index < -0.39 is 23.7 Å². The van der Waals surface area contributed by atoms with Gasteiger partial charge in [-0.25, -0.2) is 9.59 Å². The number of ether oxygens (including phenoxy) is 1. The Morgan fingerprint density at radius 2 is 1.78 bits per heavy atom. The Morgan fingerprint density at radius 1 is 1.16 bits per heavy atom. The van der Waals surface area contributed by atoms with Crippen molar-refractivity contribution in [1.82, 2.24) is 10.2 Å². The Hall–Kier alpha value is -2.17. The Kier molecular flexibility index (Phi) is 10.1. The first kappa shape index (κ1) is 27.9. The van der Waals surface area contributed by atoms with Crippen LogP contribution in [0.4, 0.5) is 13.2 Å². The van der Waals surface area contributed by atoms with Crippen molar-refractivity contribution >= 4 is 11.9 Å². The van der Waals surface area contributed by atoms with Crippen LogP contribution in [0.15, 0.2) is 24.3 Å². The Morgan fingerprint density at radius 3 is 2.28 bits per heavy atom. The highest BCUT2D eigenvalue weighted by Gasteiger charge is 2.42. The lowest BCUT2D eigenvalue weighted by Gasteiger charge is -2.46. The van der Waals surface area contributed by atoms with Crippen LogP contribution in [0.3, 0.4) is 0 Å². The summed E-state index contributed by atoms with van der Waals surface area (Å²) in [4.78, 5) is 20.3. The Balaban J connectivity index is 0.000000751. The number of carboxylic acid groups (broad SMARTS) is 2. The lowest BCUT2D eigenvalue weighted by atomic mass is 9.67. The van der Waals surface area contributed by atoms with Crippen molar-refractivity contribution in [3.63, 3.8) is 0 Å². The SMILES string of the molecule is CN(C)CCNCCC1(c2cccc(C(F)(F)F)c2)CCOC(C)(C)C1.O=C(O)C(=O)O. The van der Waals surface area contributed by atoms with Crippen molar-refractivity contribution in [2.24, 2.45) is 0 Å². The molecule has 1 saturated heterocycles. The Bertz CT molecular complexity index is 756. The summed E-state index contributed by atoms with van der Waals surface area (Å²) in [5.41, 5.74) is -0.429. The molecule has 0 aromatic heterocycles. The number of aliphatic carboxylic acids is 2. The minimum Gasteiger partial charge on any atom is -0.473 e. The summed E-state index contributed by atoms with van der Waals surface area (Å²) in [6.07, 6.45) is -2.06. The first-order chi connectivity index (χ1) is 14.7. The maximum absolute atomic E-state index is 13.2. The summed E-state index contributed by atoms with van der Waals surface area (Å²) in [6.45, 7) is 7.19. The summed E-state index contributed by atoms with van der Waals surface area (Å²) in [5, 5.41) is 18.2. The first-order valence-corrected chi connectivity index (χ1v) is 10.3. The number of nitrogens with one attached hydrogen (secondary N) is 1. The fourth-order valence-corrected chi connectivity index (χ4v) is 3.86. The summed E-state index contributed by atoms with van der Waals surface area (Å²) in [7, 11) is 4.04. The van der Waals surface area contributed by atoms with Gasteiger partial charge in [-0.2, -0.15) is 13.2 Å². The highest BCUT2D eigenvalue weighted by Crippen LogP contribution is 2.45. The molecule has 0 radical (unpaired) electrons. The molecule has 1 aliphatic heterocycles.